The second kappa shape index (κ2) is 4.90. The Morgan fingerprint density at radius 3 is 2.24 bits per heavy atom. The van der Waals surface area contributed by atoms with Crippen molar-refractivity contribution in [2.75, 3.05) is 7.11 Å². The second-order valence-electron chi connectivity index (χ2n) is 3.12. The van der Waals surface area contributed by atoms with Crippen LogP contribution in [0, 0.1) is 0 Å². The molecule has 0 aliphatic carbocycles. The Morgan fingerprint density at radius 1 is 1.29 bits per heavy atom. The first-order chi connectivity index (χ1) is 7.84. The lowest BCUT2D eigenvalue weighted by atomic mass is 10.1. The van der Waals surface area contributed by atoms with Gasteiger partial charge in [-0.25, -0.2) is 0 Å². The average Bonchev–Trinajstić information content (AvgIpc) is 2.27. The van der Waals surface area contributed by atoms with Gasteiger partial charge in [-0.05, 0) is 24.3 Å². The summed E-state index contributed by atoms with van der Waals surface area (Å²) in [5.41, 5.74) is 0.100. The number of hydrogen-bond donors (Lipinski definition) is 1. The lowest BCUT2D eigenvalue weighted by Crippen LogP contribution is -2.20. The average molecular weight is 246 g/mol. The summed E-state index contributed by atoms with van der Waals surface area (Å²) < 4.78 is 40.6. The fraction of sp³-hybridized carbons (Fsp3) is 0.182. The van der Waals surface area contributed by atoms with Gasteiger partial charge in [0.2, 0.25) is 0 Å². The summed E-state index contributed by atoms with van der Waals surface area (Å²) in [5, 5.41) is 9.32. The Bertz CT molecular complexity index is 432. The summed E-state index contributed by atoms with van der Waals surface area (Å²) in [4.78, 5) is 10.6. The molecule has 1 N–H and O–H groups in total. The fourth-order valence-corrected chi connectivity index (χ4v) is 1.05. The molecule has 0 aromatic heterocycles. The van der Waals surface area contributed by atoms with Gasteiger partial charge in [-0.3, -0.25) is 4.79 Å². The van der Waals surface area contributed by atoms with E-state index in [1.807, 2.05) is 0 Å². The molecule has 17 heavy (non-hydrogen) atoms. The fourth-order valence-electron chi connectivity index (χ4n) is 1.05. The van der Waals surface area contributed by atoms with Crippen LogP contribution in [0.2, 0.25) is 0 Å². The van der Waals surface area contributed by atoms with E-state index < -0.39 is 17.7 Å². The minimum Gasteiger partial charge on any atom is -0.507 e. The molecule has 1 aromatic carbocycles. The van der Waals surface area contributed by atoms with Gasteiger partial charge in [0.25, 0.3) is 5.78 Å². The number of carbonyl (C=O) groups is 1. The van der Waals surface area contributed by atoms with E-state index in [2.05, 4.69) is 0 Å². The SMILES string of the molecule is COc1ccc(/C(O)=C/C(=O)C(F)(F)F)cc1. The first-order valence-electron chi connectivity index (χ1n) is 4.51. The number of methoxy groups -OCH3 is 1. The van der Waals surface area contributed by atoms with Gasteiger partial charge in [-0.15, -0.1) is 0 Å². The Kier molecular flexibility index (Phi) is 3.77. The zero-order chi connectivity index (χ0) is 13.1. The topological polar surface area (TPSA) is 46.5 Å². The molecule has 0 spiro atoms. The first-order valence-corrected chi connectivity index (χ1v) is 4.51. The molecule has 0 radical (unpaired) electrons. The highest BCUT2D eigenvalue weighted by molar-refractivity contribution is 5.99. The molecule has 0 atom stereocenters. The van der Waals surface area contributed by atoms with Crippen LogP contribution in [0.1, 0.15) is 5.56 Å². The molecule has 1 rings (SSSR count). The van der Waals surface area contributed by atoms with Crippen molar-refractivity contribution in [3.05, 3.63) is 35.9 Å². The summed E-state index contributed by atoms with van der Waals surface area (Å²) >= 11 is 0. The van der Waals surface area contributed by atoms with Gasteiger partial charge < -0.3 is 9.84 Å². The van der Waals surface area contributed by atoms with Crippen molar-refractivity contribution in [1.82, 2.24) is 0 Å². The lowest BCUT2D eigenvalue weighted by molar-refractivity contribution is -0.165. The highest BCUT2D eigenvalue weighted by atomic mass is 19.4. The number of ketones is 1. The van der Waals surface area contributed by atoms with Gasteiger partial charge in [0.15, 0.2) is 0 Å². The summed E-state index contributed by atoms with van der Waals surface area (Å²) in [7, 11) is 1.43. The molecule has 6 heteroatoms. The second-order valence-corrected chi connectivity index (χ2v) is 3.12. The van der Waals surface area contributed by atoms with Gasteiger partial charge in [-0.2, -0.15) is 13.2 Å². The quantitative estimate of drug-likeness (QED) is 0.658. The molecular formula is C11H9F3O3. The number of benzene rings is 1. The number of ether oxygens (including phenoxy) is 1. The van der Waals surface area contributed by atoms with Crippen LogP contribution in [0.5, 0.6) is 5.75 Å². The molecule has 3 nitrogen and oxygen atoms in total. The number of halogens is 3. The van der Waals surface area contributed by atoms with Crippen molar-refractivity contribution >= 4 is 11.5 Å². The number of aliphatic hydroxyl groups is 1. The van der Waals surface area contributed by atoms with Crippen LogP contribution < -0.4 is 4.74 Å². The van der Waals surface area contributed by atoms with E-state index in [1.54, 1.807) is 0 Å². The molecule has 0 saturated carbocycles. The predicted molar refractivity (Wildman–Crippen MR) is 54.7 cm³/mol. The summed E-state index contributed by atoms with van der Waals surface area (Å²) in [5.74, 6) is -2.36. The molecule has 0 fully saturated rings. The largest absolute Gasteiger partial charge is 0.507 e. The maximum absolute atomic E-state index is 11.9. The maximum Gasteiger partial charge on any atom is 0.454 e. The zero-order valence-corrected chi connectivity index (χ0v) is 8.78. The van der Waals surface area contributed by atoms with Crippen molar-refractivity contribution in [3.8, 4) is 5.75 Å². The Balaban J connectivity index is 2.92. The zero-order valence-electron chi connectivity index (χ0n) is 8.78. The van der Waals surface area contributed by atoms with Crippen molar-refractivity contribution in [2.45, 2.75) is 6.18 Å². The molecule has 0 bridgehead atoms. The molecule has 0 saturated heterocycles. The third-order valence-electron chi connectivity index (χ3n) is 1.93. The summed E-state index contributed by atoms with van der Waals surface area (Å²) in [6.45, 7) is 0. The molecule has 92 valence electrons. The minimum atomic E-state index is -4.99. The van der Waals surface area contributed by atoms with Crippen LogP contribution in [-0.2, 0) is 4.79 Å². The van der Waals surface area contributed by atoms with Gasteiger partial charge in [0, 0.05) is 11.6 Å². The van der Waals surface area contributed by atoms with Crippen LogP contribution in [0.4, 0.5) is 13.2 Å². The number of aliphatic hydroxyl groups excluding tert-OH is 1. The number of rotatable bonds is 3. The van der Waals surface area contributed by atoms with Crippen molar-refractivity contribution in [3.63, 3.8) is 0 Å². The monoisotopic (exact) mass is 246 g/mol. The van der Waals surface area contributed by atoms with E-state index in [1.165, 1.54) is 31.4 Å². The molecular weight excluding hydrogens is 237 g/mol. The maximum atomic E-state index is 11.9. The number of allylic oxidation sites excluding steroid dienone is 1. The van der Waals surface area contributed by atoms with Crippen LogP contribution in [0.3, 0.4) is 0 Å². The molecule has 1 aromatic rings. The summed E-state index contributed by atoms with van der Waals surface area (Å²) in [6, 6.07) is 5.59. The van der Waals surface area contributed by atoms with Crippen molar-refractivity contribution < 1.29 is 27.8 Å². The molecule has 0 heterocycles. The smallest absolute Gasteiger partial charge is 0.454 e. The number of alkyl halides is 3. The van der Waals surface area contributed by atoms with E-state index in [0.29, 0.717) is 5.75 Å². The third kappa shape index (κ3) is 3.51. The van der Waals surface area contributed by atoms with E-state index >= 15 is 0 Å². The molecule has 0 aliphatic rings. The van der Waals surface area contributed by atoms with Gasteiger partial charge in [-0.1, -0.05) is 0 Å². The first kappa shape index (κ1) is 13.1. The minimum absolute atomic E-state index is 0.100. The number of carbonyl (C=O) groups excluding carboxylic acids is 1. The normalized spacial score (nSPS) is 12.4. The van der Waals surface area contributed by atoms with E-state index in [4.69, 9.17) is 4.74 Å². The van der Waals surface area contributed by atoms with Gasteiger partial charge in [0.05, 0.1) is 7.11 Å². The Hall–Kier alpha value is -1.98. The van der Waals surface area contributed by atoms with Crippen LogP contribution in [0.15, 0.2) is 30.3 Å². The van der Waals surface area contributed by atoms with Gasteiger partial charge >= 0.3 is 6.18 Å². The van der Waals surface area contributed by atoms with E-state index in [9.17, 15) is 23.1 Å². The Labute approximate surface area is 95.1 Å². The standard InChI is InChI=1S/C11H9F3O3/c1-17-8-4-2-7(3-5-8)9(15)6-10(16)11(12,13)14/h2-6,15H,1H3/b9-6-. The van der Waals surface area contributed by atoms with E-state index in [-0.39, 0.29) is 11.6 Å². The molecule has 0 aliphatic heterocycles. The Morgan fingerprint density at radius 2 is 1.82 bits per heavy atom. The van der Waals surface area contributed by atoms with Crippen molar-refractivity contribution in [2.24, 2.45) is 0 Å². The third-order valence-corrected chi connectivity index (χ3v) is 1.93. The highest BCUT2D eigenvalue weighted by Crippen LogP contribution is 2.21. The predicted octanol–water partition coefficient (Wildman–Crippen LogP) is 2.73. The highest BCUT2D eigenvalue weighted by Gasteiger charge is 2.36. The number of hydrogen-bond acceptors (Lipinski definition) is 3. The van der Waals surface area contributed by atoms with Crippen LogP contribution in [-0.4, -0.2) is 24.2 Å². The van der Waals surface area contributed by atoms with E-state index in [0.717, 1.165) is 0 Å². The van der Waals surface area contributed by atoms with Crippen LogP contribution >= 0.6 is 0 Å². The molecule has 0 unspecified atom stereocenters. The molecule has 0 amide bonds. The van der Waals surface area contributed by atoms with Crippen LogP contribution in [0.25, 0.3) is 5.76 Å². The van der Waals surface area contributed by atoms with Crippen molar-refractivity contribution in [1.29, 1.82) is 0 Å². The summed E-state index contributed by atoms with van der Waals surface area (Å²) in [6.07, 6.45) is -4.84. The lowest BCUT2D eigenvalue weighted by Gasteiger charge is -2.04. The van der Waals surface area contributed by atoms with Gasteiger partial charge in [0.1, 0.15) is 11.5 Å².